The van der Waals surface area contributed by atoms with Crippen LogP contribution in [0, 0.1) is 5.41 Å². The molecule has 2 saturated heterocycles. The number of nitrogens with two attached hydrogens (primary N) is 1. The molecule has 2 aromatic rings. The van der Waals surface area contributed by atoms with Gasteiger partial charge in [-0.1, -0.05) is 18.2 Å². The lowest BCUT2D eigenvalue weighted by atomic mass is 9.99. The Morgan fingerprint density at radius 1 is 1.09 bits per heavy atom. The Hall–Kier alpha value is -3.99. The van der Waals surface area contributed by atoms with E-state index in [4.69, 9.17) is 20.6 Å². The van der Waals surface area contributed by atoms with Gasteiger partial charge in [-0.25, -0.2) is 0 Å². The number of benzene rings is 2. The number of hydrogen-bond donors (Lipinski definition) is 9. The van der Waals surface area contributed by atoms with Gasteiger partial charge in [0.05, 0.1) is 18.8 Å². The zero-order valence-corrected chi connectivity index (χ0v) is 24.3. The van der Waals surface area contributed by atoms with E-state index < -0.39 is 49.3 Å². The molecule has 15 heteroatoms. The van der Waals surface area contributed by atoms with Crippen LogP contribution in [0.25, 0.3) is 0 Å². The zero-order chi connectivity index (χ0) is 32.0. The van der Waals surface area contributed by atoms with Gasteiger partial charge >= 0.3 is 0 Å². The molecule has 2 fully saturated rings. The Balaban J connectivity index is 1.62. The van der Waals surface area contributed by atoms with E-state index in [0.29, 0.717) is 19.6 Å². The average Bonchev–Trinajstić information content (AvgIpc) is 3.24. The third-order valence-corrected chi connectivity index (χ3v) is 7.68. The smallest absolute Gasteiger partial charge is 0.247 e. The highest BCUT2D eigenvalue weighted by Gasteiger charge is 2.45. The van der Waals surface area contributed by atoms with E-state index >= 15 is 0 Å². The summed E-state index contributed by atoms with van der Waals surface area (Å²) in [6.45, 7) is 1.69. The summed E-state index contributed by atoms with van der Waals surface area (Å²) in [6.07, 6.45) is -6.95. The first-order valence-corrected chi connectivity index (χ1v) is 14.2. The molecule has 2 amide bonds. The monoisotopic (exact) mass is 616 g/mol. The fourth-order valence-electron chi connectivity index (χ4n) is 5.05. The van der Waals surface area contributed by atoms with Crippen molar-refractivity contribution in [1.29, 1.82) is 5.41 Å². The van der Waals surface area contributed by atoms with Gasteiger partial charge in [-0.3, -0.25) is 15.0 Å². The first-order valence-electron chi connectivity index (χ1n) is 14.2. The number of hydrogen-bond acceptors (Lipinski definition) is 12. The molecular weight excluding hydrogens is 576 g/mol. The van der Waals surface area contributed by atoms with Gasteiger partial charge in [0.25, 0.3) is 0 Å². The van der Waals surface area contributed by atoms with E-state index in [1.54, 1.807) is 17.0 Å². The number of aliphatic hydroxyl groups is 4. The molecule has 10 N–H and O–H groups in total. The van der Waals surface area contributed by atoms with E-state index in [0.717, 1.165) is 13.0 Å². The number of carbonyl (C=O) groups is 2. The third kappa shape index (κ3) is 7.74. The van der Waals surface area contributed by atoms with Crippen LogP contribution in [0.1, 0.15) is 23.6 Å². The molecule has 44 heavy (non-hydrogen) atoms. The van der Waals surface area contributed by atoms with Gasteiger partial charge in [-0.05, 0) is 44.3 Å². The van der Waals surface area contributed by atoms with Gasteiger partial charge in [0.15, 0.2) is 0 Å². The van der Waals surface area contributed by atoms with Crippen molar-refractivity contribution in [3.8, 4) is 11.5 Å². The van der Waals surface area contributed by atoms with E-state index in [9.17, 15) is 35.1 Å². The van der Waals surface area contributed by atoms with E-state index in [2.05, 4.69) is 15.5 Å². The summed E-state index contributed by atoms with van der Waals surface area (Å²) < 4.78 is 11.4. The molecule has 240 valence electrons. The summed E-state index contributed by atoms with van der Waals surface area (Å²) in [4.78, 5) is 30.6. The number of likely N-dealkylation sites (N-methyl/N-ethyl adjacent to an activating group) is 1. The van der Waals surface area contributed by atoms with Crippen LogP contribution in [0.15, 0.2) is 42.5 Å². The van der Waals surface area contributed by atoms with E-state index in [1.807, 2.05) is 7.05 Å². The number of phenols is 1. The molecule has 6 atom stereocenters. The van der Waals surface area contributed by atoms with Gasteiger partial charge in [-0.15, -0.1) is 0 Å². The quantitative estimate of drug-likeness (QED) is 0.0825. The number of anilines is 1. The molecule has 0 spiro atoms. The Bertz CT molecular complexity index is 1330. The normalized spacial score (nSPS) is 25.0. The molecule has 2 heterocycles. The van der Waals surface area contributed by atoms with Crippen molar-refractivity contribution in [2.24, 2.45) is 5.73 Å². The molecule has 15 nitrogen and oxygen atoms in total. The Kier molecular flexibility index (Phi) is 11.0. The summed E-state index contributed by atoms with van der Waals surface area (Å²) in [5.41, 5.74) is 6.15. The first-order chi connectivity index (χ1) is 21.0. The number of aliphatic hydroxyl groups excluding tert-OH is 4. The van der Waals surface area contributed by atoms with Crippen molar-refractivity contribution in [1.82, 2.24) is 15.1 Å². The topological polar surface area (TPSA) is 234 Å². The highest BCUT2D eigenvalue weighted by molar-refractivity contribution is 5.97. The largest absolute Gasteiger partial charge is 0.506 e. The molecule has 0 saturated carbocycles. The number of aromatic hydroxyl groups is 1. The summed E-state index contributed by atoms with van der Waals surface area (Å²) >= 11 is 0. The maximum atomic E-state index is 13.7. The number of nitrogens with zero attached hydrogens (tertiary/aromatic N) is 2. The number of amidine groups is 1. The lowest BCUT2D eigenvalue weighted by Gasteiger charge is -2.40. The van der Waals surface area contributed by atoms with E-state index in [-0.39, 0.29) is 46.6 Å². The molecule has 6 unspecified atom stereocenters. The van der Waals surface area contributed by atoms with Crippen molar-refractivity contribution >= 4 is 23.3 Å². The second-order valence-corrected chi connectivity index (χ2v) is 10.8. The summed E-state index contributed by atoms with van der Waals surface area (Å²) in [7, 11) is 1.98. The highest BCUT2D eigenvalue weighted by Crippen LogP contribution is 2.34. The summed E-state index contributed by atoms with van der Waals surface area (Å²) in [5.74, 6) is -1.42. The molecule has 4 rings (SSSR count). The molecule has 2 aliphatic heterocycles. The minimum absolute atomic E-state index is 0.0218. The first kappa shape index (κ1) is 32.9. The van der Waals surface area contributed by atoms with Crippen molar-refractivity contribution in [2.45, 2.75) is 43.2 Å². The Morgan fingerprint density at radius 3 is 2.57 bits per heavy atom. The second kappa shape index (κ2) is 14.7. The van der Waals surface area contributed by atoms with Gasteiger partial charge in [0.2, 0.25) is 18.1 Å². The van der Waals surface area contributed by atoms with Crippen LogP contribution in [0.4, 0.5) is 5.69 Å². The van der Waals surface area contributed by atoms with Crippen molar-refractivity contribution in [3.05, 3.63) is 53.6 Å². The van der Waals surface area contributed by atoms with Crippen LogP contribution in [0.2, 0.25) is 0 Å². The predicted molar refractivity (Wildman–Crippen MR) is 158 cm³/mol. The summed E-state index contributed by atoms with van der Waals surface area (Å²) in [5, 5.41) is 64.4. The maximum Gasteiger partial charge on any atom is 0.247 e. The molecule has 2 aliphatic rings. The lowest BCUT2D eigenvalue weighted by molar-refractivity contribution is -0.277. The molecular formula is C29H40N6O9. The van der Waals surface area contributed by atoms with Crippen molar-refractivity contribution in [2.75, 3.05) is 51.7 Å². The Labute approximate surface area is 254 Å². The molecule has 0 radical (unpaired) electrons. The predicted octanol–water partition coefficient (Wildman–Crippen LogP) is -1.71. The molecule has 0 bridgehead atoms. The SMILES string of the molecule is CN1CCCN(C(=O)CNC(=O)C(Nc2cc(C(=N)N)ccc2O)c2ccccc2OC2OC(CO)C(O)C(O)C2O)CC1. The maximum absolute atomic E-state index is 13.7. The number of carbonyl (C=O) groups excluding carboxylic acids is 2. The molecule has 0 aliphatic carbocycles. The zero-order valence-electron chi connectivity index (χ0n) is 24.3. The van der Waals surface area contributed by atoms with Crippen molar-refractivity contribution < 1.29 is 44.6 Å². The van der Waals surface area contributed by atoms with E-state index in [1.165, 1.54) is 30.3 Å². The summed E-state index contributed by atoms with van der Waals surface area (Å²) in [6, 6.07) is 9.05. The van der Waals surface area contributed by atoms with Crippen LogP contribution in [-0.2, 0) is 14.3 Å². The van der Waals surface area contributed by atoms with Crippen LogP contribution >= 0.6 is 0 Å². The Morgan fingerprint density at radius 2 is 1.84 bits per heavy atom. The number of rotatable bonds is 10. The minimum atomic E-state index is -1.71. The average molecular weight is 617 g/mol. The number of amides is 2. The highest BCUT2D eigenvalue weighted by atomic mass is 16.7. The van der Waals surface area contributed by atoms with Crippen LogP contribution in [0.3, 0.4) is 0 Å². The molecule has 2 aromatic carbocycles. The molecule has 0 aromatic heterocycles. The number of para-hydroxylation sites is 1. The standard InChI is InChI=1S/C29H40N6O9/c1-34-9-4-10-35(12-11-34)22(38)14-32-28(42)23(33-18-13-16(27(30)31)7-8-19(18)37)17-5-2-3-6-20(17)43-29-26(41)25(40)24(39)21(15-36)44-29/h2-3,5-8,13,21,23-26,29,33,36-37,39-41H,4,9-12,14-15H2,1H3,(H3,30,31)(H,32,42). The number of ether oxygens (including phenoxy) is 2. The van der Waals surface area contributed by atoms with Crippen LogP contribution < -0.4 is 21.1 Å². The number of nitrogens with one attached hydrogen (secondary N) is 3. The van der Waals surface area contributed by atoms with Gasteiger partial charge in [0, 0.05) is 30.8 Å². The van der Waals surface area contributed by atoms with Crippen LogP contribution in [-0.4, -0.2) is 130 Å². The number of phenolic OH excluding ortho intramolecular Hbond substituents is 1. The fourth-order valence-corrected chi connectivity index (χ4v) is 5.05. The second-order valence-electron chi connectivity index (χ2n) is 10.8. The fraction of sp³-hybridized carbons (Fsp3) is 0.483. The van der Waals surface area contributed by atoms with Crippen molar-refractivity contribution in [3.63, 3.8) is 0 Å². The number of nitrogen functional groups attached to an aromatic ring is 1. The van der Waals surface area contributed by atoms with Crippen LogP contribution in [0.5, 0.6) is 11.5 Å². The lowest BCUT2D eigenvalue weighted by Crippen LogP contribution is -2.60. The van der Waals surface area contributed by atoms with Gasteiger partial charge in [-0.2, -0.15) is 0 Å². The van der Waals surface area contributed by atoms with Gasteiger partial charge < -0.3 is 61.2 Å². The third-order valence-electron chi connectivity index (χ3n) is 7.68. The minimum Gasteiger partial charge on any atom is -0.506 e. The van der Waals surface area contributed by atoms with Gasteiger partial charge in [0.1, 0.15) is 47.8 Å².